The van der Waals surface area contributed by atoms with Crippen LogP contribution in [0.5, 0.6) is 5.75 Å². The van der Waals surface area contributed by atoms with Gasteiger partial charge in [0.2, 0.25) is 5.76 Å². The second kappa shape index (κ2) is 8.39. The SMILES string of the molecule is CCc1nc(C)c(C(=O)Nc2ccc(OC)c(NC(=O)c3ccccc3)c2)o1. The number of nitrogens with one attached hydrogen (secondary N) is 2. The number of rotatable bonds is 6. The predicted molar refractivity (Wildman–Crippen MR) is 106 cm³/mol. The summed E-state index contributed by atoms with van der Waals surface area (Å²) in [6, 6.07) is 13.8. The van der Waals surface area contributed by atoms with Crippen molar-refractivity contribution in [3.05, 3.63) is 71.4 Å². The lowest BCUT2D eigenvalue weighted by atomic mass is 10.2. The summed E-state index contributed by atoms with van der Waals surface area (Å²) in [6.07, 6.45) is 0.603. The van der Waals surface area contributed by atoms with Gasteiger partial charge in [-0.1, -0.05) is 25.1 Å². The third kappa shape index (κ3) is 4.20. The minimum atomic E-state index is -0.407. The van der Waals surface area contributed by atoms with Gasteiger partial charge in [-0.25, -0.2) is 4.98 Å². The number of carbonyl (C=O) groups is 2. The summed E-state index contributed by atoms with van der Waals surface area (Å²) in [6.45, 7) is 3.62. The molecule has 0 saturated carbocycles. The number of nitrogens with zero attached hydrogens (tertiary/aromatic N) is 1. The number of benzene rings is 2. The monoisotopic (exact) mass is 379 g/mol. The van der Waals surface area contributed by atoms with Crippen molar-refractivity contribution >= 4 is 23.2 Å². The Bertz CT molecular complexity index is 996. The van der Waals surface area contributed by atoms with Gasteiger partial charge in [-0.15, -0.1) is 0 Å². The van der Waals surface area contributed by atoms with Crippen LogP contribution in [-0.2, 0) is 6.42 Å². The van der Waals surface area contributed by atoms with E-state index in [9.17, 15) is 9.59 Å². The van der Waals surface area contributed by atoms with Crippen molar-refractivity contribution in [1.82, 2.24) is 4.98 Å². The number of carbonyl (C=O) groups excluding carboxylic acids is 2. The van der Waals surface area contributed by atoms with E-state index in [1.165, 1.54) is 7.11 Å². The molecule has 2 aromatic carbocycles. The number of oxazole rings is 1. The van der Waals surface area contributed by atoms with Gasteiger partial charge in [0.25, 0.3) is 11.8 Å². The first-order valence-electron chi connectivity index (χ1n) is 8.84. The molecule has 0 fully saturated rings. The molecular formula is C21H21N3O4. The summed E-state index contributed by atoms with van der Waals surface area (Å²) in [5.74, 6) is 0.471. The molecule has 0 spiro atoms. The second-order valence-corrected chi connectivity index (χ2v) is 6.07. The molecule has 0 bridgehead atoms. The number of hydrogen-bond acceptors (Lipinski definition) is 5. The molecule has 2 amide bonds. The van der Waals surface area contributed by atoms with E-state index in [1.807, 2.05) is 13.0 Å². The quantitative estimate of drug-likeness (QED) is 0.674. The molecule has 3 rings (SSSR count). The van der Waals surface area contributed by atoms with Crippen LogP contribution in [0, 0.1) is 6.92 Å². The Labute approximate surface area is 162 Å². The van der Waals surface area contributed by atoms with Crippen molar-refractivity contribution in [1.29, 1.82) is 0 Å². The van der Waals surface area contributed by atoms with Gasteiger partial charge in [0.1, 0.15) is 5.75 Å². The Balaban J connectivity index is 1.81. The molecule has 0 atom stereocenters. The number of aromatic nitrogens is 1. The fourth-order valence-corrected chi connectivity index (χ4v) is 2.67. The first-order chi connectivity index (χ1) is 13.5. The van der Waals surface area contributed by atoms with Crippen molar-refractivity contribution in [2.45, 2.75) is 20.3 Å². The van der Waals surface area contributed by atoms with Gasteiger partial charge in [0, 0.05) is 17.7 Å². The van der Waals surface area contributed by atoms with Gasteiger partial charge < -0.3 is 19.8 Å². The molecule has 7 heteroatoms. The normalized spacial score (nSPS) is 10.4. The smallest absolute Gasteiger partial charge is 0.293 e. The summed E-state index contributed by atoms with van der Waals surface area (Å²) in [5.41, 5.74) is 1.98. The highest BCUT2D eigenvalue weighted by atomic mass is 16.5. The number of methoxy groups -OCH3 is 1. The van der Waals surface area contributed by atoms with Gasteiger partial charge in [0.05, 0.1) is 18.5 Å². The highest BCUT2D eigenvalue weighted by Gasteiger charge is 2.18. The van der Waals surface area contributed by atoms with E-state index in [0.717, 1.165) is 0 Å². The summed E-state index contributed by atoms with van der Waals surface area (Å²) in [4.78, 5) is 29.2. The average Bonchev–Trinajstić information content (AvgIpc) is 3.10. The molecule has 0 aliphatic heterocycles. The first kappa shape index (κ1) is 19.2. The Morgan fingerprint density at radius 3 is 2.46 bits per heavy atom. The number of ether oxygens (including phenoxy) is 1. The molecule has 0 aliphatic carbocycles. The average molecular weight is 379 g/mol. The summed E-state index contributed by atoms with van der Waals surface area (Å²) in [5, 5.41) is 5.57. The number of hydrogen-bond donors (Lipinski definition) is 2. The van der Waals surface area contributed by atoms with E-state index in [4.69, 9.17) is 9.15 Å². The third-order valence-corrected chi connectivity index (χ3v) is 4.09. The Hall–Kier alpha value is -3.61. The molecule has 2 N–H and O–H groups in total. The van der Waals surface area contributed by atoms with E-state index in [-0.39, 0.29) is 11.7 Å². The van der Waals surface area contributed by atoms with Gasteiger partial charge in [0.15, 0.2) is 5.89 Å². The maximum atomic E-state index is 12.5. The molecule has 7 nitrogen and oxygen atoms in total. The largest absolute Gasteiger partial charge is 0.495 e. The predicted octanol–water partition coefficient (Wildman–Crippen LogP) is 4.06. The molecule has 1 heterocycles. The molecule has 144 valence electrons. The van der Waals surface area contributed by atoms with Gasteiger partial charge in [-0.3, -0.25) is 9.59 Å². The van der Waals surface area contributed by atoms with Crippen LogP contribution in [0.25, 0.3) is 0 Å². The Kier molecular flexibility index (Phi) is 5.74. The zero-order valence-electron chi connectivity index (χ0n) is 15.9. The minimum absolute atomic E-state index is 0.169. The minimum Gasteiger partial charge on any atom is -0.495 e. The van der Waals surface area contributed by atoms with Crippen LogP contribution in [-0.4, -0.2) is 23.9 Å². The Morgan fingerprint density at radius 1 is 1.07 bits per heavy atom. The Morgan fingerprint density at radius 2 is 1.82 bits per heavy atom. The number of amides is 2. The zero-order valence-corrected chi connectivity index (χ0v) is 15.9. The van der Waals surface area contributed by atoms with Crippen LogP contribution in [0.15, 0.2) is 52.9 Å². The summed E-state index contributed by atoms with van der Waals surface area (Å²) in [7, 11) is 1.51. The van der Waals surface area contributed by atoms with Crippen LogP contribution in [0.2, 0.25) is 0 Å². The summed E-state index contributed by atoms with van der Waals surface area (Å²) >= 11 is 0. The van der Waals surface area contributed by atoms with Crippen LogP contribution >= 0.6 is 0 Å². The first-order valence-corrected chi connectivity index (χ1v) is 8.84. The fraction of sp³-hybridized carbons (Fsp3) is 0.190. The highest BCUT2D eigenvalue weighted by Crippen LogP contribution is 2.29. The van der Waals surface area contributed by atoms with Crippen LogP contribution in [0.1, 0.15) is 39.4 Å². The molecular weight excluding hydrogens is 358 g/mol. The van der Waals surface area contributed by atoms with Crippen LogP contribution < -0.4 is 15.4 Å². The molecule has 0 radical (unpaired) electrons. The van der Waals surface area contributed by atoms with Crippen molar-refractivity contribution in [3.8, 4) is 5.75 Å². The molecule has 0 saturated heterocycles. The third-order valence-electron chi connectivity index (χ3n) is 4.09. The molecule has 3 aromatic rings. The highest BCUT2D eigenvalue weighted by molar-refractivity contribution is 6.06. The zero-order chi connectivity index (χ0) is 20.1. The van der Waals surface area contributed by atoms with E-state index >= 15 is 0 Å². The lowest BCUT2D eigenvalue weighted by Gasteiger charge is -2.12. The van der Waals surface area contributed by atoms with Crippen LogP contribution in [0.4, 0.5) is 11.4 Å². The maximum absolute atomic E-state index is 12.5. The lowest BCUT2D eigenvalue weighted by molar-refractivity contribution is 0.0992. The van der Waals surface area contributed by atoms with Crippen molar-refractivity contribution in [2.24, 2.45) is 0 Å². The van der Waals surface area contributed by atoms with Gasteiger partial charge in [-0.2, -0.15) is 0 Å². The van der Waals surface area contributed by atoms with Crippen LogP contribution in [0.3, 0.4) is 0 Å². The molecule has 0 unspecified atom stereocenters. The molecule has 28 heavy (non-hydrogen) atoms. The number of anilines is 2. The number of aryl methyl sites for hydroxylation is 2. The van der Waals surface area contributed by atoms with Crippen molar-refractivity contribution < 1.29 is 18.7 Å². The maximum Gasteiger partial charge on any atom is 0.293 e. The summed E-state index contributed by atoms with van der Waals surface area (Å²) < 4.78 is 10.8. The van der Waals surface area contributed by atoms with E-state index < -0.39 is 5.91 Å². The lowest BCUT2D eigenvalue weighted by Crippen LogP contribution is -2.15. The topological polar surface area (TPSA) is 93.5 Å². The standard InChI is InChI=1S/C21H21N3O4/c1-4-18-22-13(2)19(28-18)21(26)23-15-10-11-17(27-3)16(12-15)24-20(25)14-8-6-5-7-9-14/h5-12H,4H2,1-3H3,(H,23,26)(H,24,25). The van der Waals surface area contributed by atoms with E-state index in [0.29, 0.717) is 40.7 Å². The fourth-order valence-electron chi connectivity index (χ4n) is 2.67. The van der Waals surface area contributed by atoms with Crippen molar-refractivity contribution in [2.75, 3.05) is 17.7 Å². The van der Waals surface area contributed by atoms with Crippen molar-refractivity contribution in [3.63, 3.8) is 0 Å². The molecule has 1 aromatic heterocycles. The van der Waals surface area contributed by atoms with E-state index in [2.05, 4.69) is 15.6 Å². The van der Waals surface area contributed by atoms with Gasteiger partial charge in [-0.05, 0) is 37.3 Å². The van der Waals surface area contributed by atoms with Gasteiger partial charge >= 0.3 is 0 Å². The van der Waals surface area contributed by atoms with E-state index in [1.54, 1.807) is 49.4 Å². The second-order valence-electron chi connectivity index (χ2n) is 6.07. The molecule has 0 aliphatic rings.